The summed E-state index contributed by atoms with van der Waals surface area (Å²) in [5.74, 6) is -0.186. The van der Waals surface area contributed by atoms with E-state index in [0.717, 1.165) is 6.42 Å². The molecule has 0 aliphatic heterocycles. The summed E-state index contributed by atoms with van der Waals surface area (Å²) >= 11 is 0. The first-order chi connectivity index (χ1) is 9.99. The fraction of sp³-hybridized carbons (Fsp3) is 0.562. The highest BCUT2D eigenvalue weighted by molar-refractivity contribution is 5.85. The lowest BCUT2D eigenvalue weighted by Crippen LogP contribution is -2.45. The predicted octanol–water partition coefficient (Wildman–Crippen LogP) is 1.79. The summed E-state index contributed by atoms with van der Waals surface area (Å²) in [6, 6.07) is 7.99. The maximum absolute atomic E-state index is 11.9. The van der Waals surface area contributed by atoms with Gasteiger partial charge < -0.3 is 20.7 Å². The molecule has 2 atom stereocenters. The Morgan fingerprint density at radius 3 is 2.26 bits per heavy atom. The van der Waals surface area contributed by atoms with Gasteiger partial charge in [-0.2, -0.15) is 0 Å². The second-order valence-electron chi connectivity index (χ2n) is 5.38. The van der Waals surface area contributed by atoms with Crippen molar-refractivity contribution in [3.63, 3.8) is 0 Å². The number of hydrogen-bond donors (Lipinski definition) is 2. The number of likely N-dealkylation sites (N-methyl/N-ethyl adjacent to an activating group) is 1. The van der Waals surface area contributed by atoms with Gasteiger partial charge in [0.1, 0.15) is 6.04 Å². The van der Waals surface area contributed by atoms with Crippen LogP contribution in [0.15, 0.2) is 24.3 Å². The number of nitrogens with two attached hydrogens (primary N) is 1. The van der Waals surface area contributed by atoms with Crippen molar-refractivity contribution in [3.05, 3.63) is 35.4 Å². The van der Waals surface area contributed by atoms with E-state index in [1.165, 1.54) is 18.2 Å². The molecule has 5 nitrogen and oxygen atoms in total. The standard InChI is InChI=1S/C16H27N3O2.2ClH/c1-5-12-6-8-13(9-7-12)15(19(2)3)10-18-16(20)14(17)11-21-4;;/h6-9,14-15H,5,10-11,17H2,1-4H3,(H,18,20);2*1H. The molecule has 0 radical (unpaired) electrons. The third-order valence-electron chi connectivity index (χ3n) is 3.55. The lowest BCUT2D eigenvalue weighted by Gasteiger charge is -2.26. The molecule has 0 saturated carbocycles. The lowest BCUT2D eigenvalue weighted by molar-refractivity contribution is -0.123. The summed E-state index contributed by atoms with van der Waals surface area (Å²) < 4.78 is 4.89. The fourth-order valence-electron chi connectivity index (χ4n) is 2.16. The minimum Gasteiger partial charge on any atom is -0.383 e. The number of rotatable bonds is 8. The molecular formula is C16H29Cl2N3O2. The van der Waals surface area contributed by atoms with E-state index in [4.69, 9.17) is 10.5 Å². The van der Waals surface area contributed by atoms with Crippen molar-refractivity contribution in [1.29, 1.82) is 0 Å². The molecular weight excluding hydrogens is 337 g/mol. The van der Waals surface area contributed by atoms with Gasteiger partial charge in [0.05, 0.1) is 12.6 Å². The van der Waals surface area contributed by atoms with Gasteiger partial charge in [0.2, 0.25) is 5.91 Å². The number of hydrogen-bond acceptors (Lipinski definition) is 4. The van der Waals surface area contributed by atoms with E-state index >= 15 is 0 Å². The number of benzene rings is 1. The Bertz CT molecular complexity index is 441. The Balaban J connectivity index is 0. The molecule has 3 N–H and O–H groups in total. The molecule has 2 unspecified atom stereocenters. The topological polar surface area (TPSA) is 67.6 Å². The number of aryl methyl sites for hydroxylation is 1. The van der Waals surface area contributed by atoms with E-state index in [9.17, 15) is 4.79 Å². The van der Waals surface area contributed by atoms with Crippen molar-refractivity contribution in [3.8, 4) is 0 Å². The van der Waals surface area contributed by atoms with Gasteiger partial charge in [0, 0.05) is 13.7 Å². The molecule has 7 heteroatoms. The SMILES string of the molecule is CCc1ccc(C(CNC(=O)C(N)COC)N(C)C)cc1.Cl.Cl. The highest BCUT2D eigenvalue weighted by atomic mass is 35.5. The third kappa shape index (κ3) is 7.99. The van der Waals surface area contributed by atoms with Crippen LogP contribution in [0.5, 0.6) is 0 Å². The molecule has 0 bridgehead atoms. The van der Waals surface area contributed by atoms with Gasteiger partial charge in [-0.1, -0.05) is 31.2 Å². The summed E-state index contributed by atoms with van der Waals surface area (Å²) in [7, 11) is 5.53. The molecule has 1 aromatic carbocycles. The molecule has 134 valence electrons. The van der Waals surface area contributed by atoms with Gasteiger partial charge in [-0.05, 0) is 31.6 Å². The minimum absolute atomic E-state index is 0. The second-order valence-corrected chi connectivity index (χ2v) is 5.38. The van der Waals surface area contributed by atoms with Gasteiger partial charge in [0.25, 0.3) is 0 Å². The lowest BCUT2D eigenvalue weighted by atomic mass is 10.0. The molecule has 1 aromatic rings. The average molecular weight is 366 g/mol. The maximum atomic E-state index is 11.9. The van der Waals surface area contributed by atoms with E-state index < -0.39 is 6.04 Å². The highest BCUT2D eigenvalue weighted by Gasteiger charge is 2.18. The number of ether oxygens (including phenoxy) is 1. The summed E-state index contributed by atoms with van der Waals surface area (Å²) in [4.78, 5) is 13.9. The number of methoxy groups -OCH3 is 1. The Labute approximate surface area is 151 Å². The summed E-state index contributed by atoms with van der Waals surface area (Å²) in [5, 5.41) is 2.89. The van der Waals surface area contributed by atoms with Crippen molar-refractivity contribution in [2.45, 2.75) is 25.4 Å². The molecule has 0 fully saturated rings. The molecule has 1 rings (SSSR count). The first-order valence-corrected chi connectivity index (χ1v) is 7.27. The smallest absolute Gasteiger partial charge is 0.239 e. The first kappa shape index (κ1) is 24.4. The van der Waals surface area contributed by atoms with Crippen molar-refractivity contribution >= 4 is 30.7 Å². The van der Waals surface area contributed by atoms with Crippen molar-refractivity contribution < 1.29 is 9.53 Å². The number of amides is 1. The van der Waals surface area contributed by atoms with E-state index in [2.05, 4.69) is 41.4 Å². The minimum atomic E-state index is -0.625. The number of nitrogens with zero attached hydrogens (tertiary/aromatic N) is 1. The second kappa shape index (κ2) is 12.6. The highest BCUT2D eigenvalue weighted by Crippen LogP contribution is 2.18. The van der Waals surface area contributed by atoms with E-state index in [1.54, 1.807) is 0 Å². The van der Waals surface area contributed by atoms with Crippen LogP contribution in [0.2, 0.25) is 0 Å². The molecule has 0 aliphatic carbocycles. The number of nitrogens with one attached hydrogen (secondary N) is 1. The van der Waals surface area contributed by atoms with Crippen LogP contribution in [0.25, 0.3) is 0 Å². The Morgan fingerprint density at radius 1 is 1.26 bits per heavy atom. The molecule has 0 aromatic heterocycles. The summed E-state index contributed by atoms with van der Waals surface area (Å²) in [6.45, 7) is 2.88. The zero-order chi connectivity index (χ0) is 15.8. The van der Waals surface area contributed by atoms with E-state index in [1.807, 2.05) is 14.1 Å². The van der Waals surface area contributed by atoms with Crippen LogP contribution in [-0.4, -0.2) is 51.2 Å². The summed E-state index contributed by atoms with van der Waals surface area (Å²) in [5.41, 5.74) is 8.20. The molecule has 0 saturated heterocycles. The van der Waals surface area contributed by atoms with Gasteiger partial charge in [-0.25, -0.2) is 0 Å². The predicted molar refractivity (Wildman–Crippen MR) is 99.6 cm³/mol. The van der Waals surface area contributed by atoms with Crippen LogP contribution < -0.4 is 11.1 Å². The van der Waals surface area contributed by atoms with Crippen molar-refractivity contribution in [1.82, 2.24) is 10.2 Å². The maximum Gasteiger partial charge on any atom is 0.239 e. The Morgan fingerprint density at radius 2 is 1.83 bits per heavy atom. The Kier molecular flexibility index (Phi) is 13.3. The molecule has 0 heterocycles. The number of carbonyl (C=O) groups excluding carboxylic acids is 1. The largest absolute Gasteiger partial charge is 0.383 e. The number of halogens is 2. The third-order valence-corrected chi connectivity index (χ3v) is 3.55. The monoisotopic (exact) mass is 365 g/mol. The van der Waals surface area contributed by atoms with Crippen LogP contribution in [0.3, 0.4) is 0 Å². The van der Waals surface area contributed by atoms with Crippen LogP contribution in [0.1, 0.15) is 24.1 Å². The van der Waals surface area contributed by atoms with E-state index in [0.29, 0.717) is 6.54 Å². The molecule has 23 heavy (non-hydrogen) atoms. The summed E-state index contributed by atoms with van der Waals surface area (Å²) in [6.07, 6.45) is 1.02. The van der Waals surface area contributed by atoms with E-state index in [-0.39, 0.29) is 43.4 Å². The van der Waals surface area contributed by atoms with Crippen LogP contribution in [-0.2, 0) is 16.0 Å². The first-order valence-electron chi connectivity index (χ1n) is 7.27. The van der Waals surface area contributed by atoms with Gasteiger partial charge in [-0.15, -0.1) is 24.8 Å². The van der Waals surface area contributed by atoms with Crippen molar-refractivity contribution in [2.24, 2.45) is 5.73 Å². The van der Waals surface area contributed by atoms with Gasteiger partial charge in [-0.3, -0.25) is 4.79 Å². The van der Waals surface area contributed by atoms with Crippen LogP contribution in [0, 0.1) is 0 Å². The fourth-order valence-corrected chi connectivity index (χ4v) is 2.16. The zero-order valence-electron chi connectivity index (χ0n) is 14.2. The molecule has 0 spiro atoms. The van der Waals surface area contributed by atoms with Crippen LogP contribution >= 0.6 is 24.8 Å². The Hall–Kier alpha value is -0.850. The van der Waals surface area contributed by atoms with Crippen molar-refractivity contribution in [2.75, 3.05) is 34.4 Å². The average Bonchev–Trinajstić information content (AvgIpc) is 2.47. The number of carbonyl (C=O) groups is 1. The van der Waals surface area contributed by atoms with Gasteiger partial charge in [0.15, 0.2) is 0 Å². The molecule has 0 aliphatic rings. The van der Waals surface area contributed by atoms with Crippen LogP contribution in [0.4, 0.5) is 0 Å². The normalized spacial score (nSPS) is 12.8. The zero-order valence-corrected chi connectivity index (χ0v) is 15.9. The molecule has 1 amide bonds. The quantitative estimate of drug-likeness (QED) is 0.736. The van der Waals surface area contributed by atoms with Gasteiger partial charge >= 0.3 is 0 Å².